The molecule has 0 heterocycles. The van der Waals surface area contributed by atoms with Crippen LogP contribution in [0.15, 0.2) is 30.3 Å². The smallest absolute Gasteiger partial charge is 0.0914 e. The molecule has 0 aromatic heterocycles. The Labute approximate surface area is 97.1 Å². The number of rotatable bonds is 7. The van der Waals surface area contributed by atoms with Crippen LogP contribution >= 0.6 is 0 Å². The van der Waals surface area contributed by atoms with Gasteiger partial charge in [0.05, 0.1) is 6.10 Å². The lowest BCUT2D eigenvalue weighted by atomic mass is 10.1. The second-order valence-electron chi connectivity index (χ2n) is 3.95. The molecule has 1 aromatic rings. The molecule has 0 amide bonds. The maximum Gasteiger partial charge on any atom is 0.0914 e. The molecule has 1 aromatic carbocycles. The molecule has 0 saturated heterocycles. The van der Waals surface area contributed by atoms with Gasteiger partial charge in [-0.05, 0) is 18.4 Å². The Bertz CT molecular complexity index is 277. The summed E-state index contributed by atoms with van der Waals surface area (Å²) in [4.78, 5) is 0. The molecule has 0 aliphatic rings. The van der Waals surface area contributed by atoms with E-state index in [-0.39, 0.29) is 12.6 Å². The van der Waals surface area contributed by atoms with E-state index in [0.29, 0.717) is 6.54 Å². The van der Waals surface area contributed by atoms with Gasteiger partial charge in [-0.3, -0.25) is 0 Å². The highest BCUT2D eigenvalue weighted by Gasteiger charge is 2.10. The minimum Gasteiger partial charge on any atom is -0.396 e. The quantitative estimate of drug-likeness (QED) is 0.656. The zero-order valence-corrected chi connectivity index (χ0v) is 9.76. The van der Waals surface area contributed by atoms with Gasteiger partial charge in [-0.1, -0.05) is 37.3 Å². The van der Waals surface area contributed by atoms with Gasteiger partial charge >= 0.3 is 0 Å². The molecule has 90 valence electrons. The molecule has 1 rings (SSSR count). The van der Waals surface area contributed by atoms with E-state index < -0.39 is 6.10 Å². The lowest BCUT2D eigenvalue weighted by Crippen LogP contribution is -2.33. The minimum atomic E-state index is -0.478. The van der Waals surface area contributed by atoms with E-state index in [1.807, 2.05) is 30.3 Å². The predicted octanol–water partition coefficient (Wildman–Crippen LogP) is 1.47. The first-order chi connectivity index (χ1) is 7.77. The third-order valence-corrected chi connectivity index (χ3v) is 2.75. The van der Waals surface area contributed by atoms with Crippen LogP contribution in [0.5, 0.6) is 0 Å². The van der Waals surface area contributed by atoms with E-state index in [0.717, 1.165) is 18.4 Å². The summed E-state index contributed by atoms with van der Waals surface area (Å²) in [6.07, 6.45) is 1.22. The molecular weight excluding hydrogens is 202 g/mol. The zero-order valence-electron chi connectivity index (χ0n) is 9.76. The second kappa shape index (κ2) is 7.39. The molecule has 0 fully saturated rings. The van der Waals surface area contributed by atoms with E-state index in [1.54, 1.807) is 0 Å². The van der Waals surface area contributed by atoms with Crippen molar-refractivity contribution in [2.24, 2.45) is 0 Å². The van der Waals surface area contributed by atoms with Gasteiger partial charge in [0.25, 0.3) is 0 Å². The third kappa shape index (κ3) is 4.31. The molecule has 3 heteroatoms. The second-order valence-corrected chi connectivity index (χ2v) is 3.95. The zero-order chi connectivity index (χ0) is 11.8. The van der Waals surface area contributed by atoms with Crippen molar-refractivity contribution in [3.63, 3.8) is 0 Å². The molecule has 0 radical (unpaired) electrons. The number of hydrogen-bond acceptors (Lipinski definition) is 3. The highest BCUT2D eigenvalue weighted by Crippen LogP contribution is 2.11. The van der Waals surface area contributed by atoms with Gasteiger partial charge in [0, 0.05) is 19.2 Å². The van der Waals surface area contributed by atoms with Gasteiger partial charge in [-0.25, -0.2) is 0 Å². The summed E-state index contributed by atoms with van der Waals surface area (Å²) in [7, 11) is 0. The summed E-state index contributed by atoms with van der Waals surface area (Å²) in [6, 6.07) is 9.89. The lowest BCUT2D eigenvalue weighted by molar-refractivity contribution is 0.164. The van der Waals surface area contributed by atoms with E-state index in [1.165, 1.54) is 0 Å². The van der Waals surface area contributed by atoms with Gasteiger partial charge in [-0.2, -0.15) is 0 Å². The number of benzene rings is 1. The molecule has 0 aliphatic heterocycles. The molecule has 0 saturated carbocycles. The summed E-state index contributed by atoms with van der Waals surface area (Å²) < 4.78 is 0. The molecule has 2 unspecified atom stereocenters. The Morgan fingerprint density at radius 3 is 2.50 bits per heavy atom. The van der Waals surface area contributed by atoms with Crippen LogP contribution in [-0.4, -0.2) is 29.4 Å². The Morgan fingerprint density at radius 2 is 1.94 bits per heavy atom. The largest absolute Gasteiger partial charge is 0.396 e. The lowest BCUT2D eigenvalue weighted by Gasteiger charge is -2.18. The van der Waals surface area contributed by atoms with E-state index in [9.17, 15) is 5.11 Å². The first kappa shape index (κ1) is 13.2. The Morgan fingerprint density at radius 1 is 1.25 bits per heavy atom. The van der Waals surface area contributed by atoms with Crippen molar-refractivity contribution in [1.29, 1.82) is 0 Å². The normalized spacial score (nSPS) is 14.7. The Hall–Kier alpha value is -0.900. The fourth-order valence-corrected chi connectivity index (χ4v) is 1.68. The van der Waals surface area contributed by atoms with Crippen LogP contribution in [0.1, 0.15) is 31.4 Å². The van der Waals surface area contributed by atoms with Gasteiger partial charge in [-0.15, -0.1) is 0 Å². The fourth-order valence-electron chi connectivity index (χ4n) is 1.68. The van der Waals surface area contributed by atoms with Crippen molar-refractivity contribution in [1.82, 2.24) is 5.32 Å². The Kier molecular flexibility index (Phi) is 6.08. The van der Waals surface area contributed by atoms with Crippen LogP contribution in [0.25, 0.3) is 0 Å². The first-order valence-corrected chi connectivity index (χ1v) is 5.85. The SMILES string of the molecule is CCC(CCO)NCC(O)c1ccccc1. The number of hydrogen-bond donors (Lipinski definition) is 3. The van der Waals surface area contributed by atoms with Gasteiger partial charge in [0.2, 0.25) is 0 Å². The highest BCUT2D eigenvalue weighted by molar-refractivity contribution is 5.17. The molecule has 3 N–H and O–H groups in total. The topological polar surface area (TPSA) is 52.5 Å². The van der Waals surface area contributed by atoms with Crippen molar-refractivity contribution in [2.45, 2.75) is 31.9 Å². The monoisotopic (exact) mass is 223 g/mol. The molecule has 0 aliphatic carbocycles. The average molecular weight is 223 g/mol. The number of aliphatic hydroxyl groups excluding tert-OH is 2. The highest BCUT2D eigenvalue weighted by atomic mass is 16.3. The van der Waals surface area contributed by atoms with E-state index in [2.05, 4.69) is 12.2 Å². The van der Waals surface area contributed by atoms with Crippen molar-refractivity contribution < 1.29 is 10.2 Å². The van der Waals surface area contributed by atoms with Crippen molar-refractivity contribution in [3.05, 3.63) is 35.9 Å². The third-order valence-electron chi connectivity index (χ3n) is 2.75. The molecule has 3 nitrogen and oxygen atoms in total. The summed E-state index contributed by atoms with van der Waals surface area (Å²) >= 11 is 0. The van der Waals surface area contributed by atoms with Gasteiger partial charge in [0.15, 0.2) is 0 Å². The maximum absolute atomic E-state index is 9.91. The predicted molar refractivity (Wildman–Crippen MR) is 65.2 cm³/mol. The van der Waals surface area contributed by atoms with Crippen LogP contribution in [0, 0.1) is 0 Å². The van der Waals surface area contributed by atoms with E-state index in [4.69, 9.17) is 5.11 Å². The number of aliphatic hydroxyl groups is 2. The van der Waals surface area contributed by atoms with Crippen molar-refractivity contribution in [2.75, 3.05) is 13.2 Å². The molecule has 0 spiro atoms. The van der Waals surface area contributed by atoms with Crippen LogP contribution in [-0.2, 0) is 0 Å². The Balaban J connectivity index is 2.37. The standard InChI is InChI=1S/C13H21NO2/c1-2-12(8-9-15)14-10-13(16)11-6-4-3-5-7-11/h3-7,12-16H,2,8-10H2,1H3. The molecule has 2 atom stereocenters. The summed E-state index contributed by atoms with van der Waals surface area (Å²) in [6.45, 7) is 2.79. The molecular formula is C13H21NO2. The minimum absolute atomic E-state index is 0.187. The number of nitrogens with one attached hydrogen (secondary N) is 1. The van der Waals surface area contributed by atoms with Gasteiger partial charge < -0.3 is 15.5 Å². The van der Waals surface area contributed by atoms with Crippen molar-refractivity contribution in [3.8, 4) is 0 Å². The van der Waals surface area contributed by atoms with E-state index >= 15 is 0 Å². The van der Waals surface area contributed by atoms with Crippen LogP contribution in [0.4, 0.5) is 0 Å². The van der Waals surface area contributed by atoms with Gasteiger partial charge in [0.1, 0.15) is 0 Å². The maximum atomic E-state index is 9.91. The summed E-state index contributed by atoms with van der Waals surface area (Å²) in [5.41, 5.74) is 0.925. The average Bonchev–Trinajstić information content (AvgIpc) is 2.35. The first-order valence-electron chi connectivity index (χ1n) is 5.85. The summed E-state index contributed by atoms with van der Waals surface area (Å²) in [5, 5.41) is 22.0. The van der Waals surface area contributed by atoms with Crippen LogP contribution in [0.3, 0.4) is 0 Å². The fraction of sp³-hybridized carbons (Fsp3) is 0.538. The summed E-state index contributed by atoms with van der Waals surface area (Å²) in [5.74, 6) is 0. The molecule has 0 bridgehead atoms. The van der Waals surface area contributed by atoms with Crippen LogP contribution in [0.2, 0.25) is 0 Å². The van der Waals surface area contributed by atoms with Crippen molar-refractivity contribution >= 4 is 0 Å². The molecule has 16 heavy (non-hydrogen) atoms. The van der Waals surface area contributed by atoms with Crippen LogP contribution < -0.4 is 5.32 Å².